The van der Waals surface area contributed by atoms with Crippen LogP contribution in [0.25, 0.3) is 11.0 Å². The number of imidazole rings is 1. The molecule has 1 N–H and O–H groups in total. The van der Waals surface area contributed by atoms with Gasteiger partial charge >= 0.3 is 6.03 Å². The van der Waals surface area contributed by atoms with Crippen LogP contribution >= 0.6 is 0 Å². The summed E-state index contributed by atoms with van der Waals surface area (Å²) in [5.74, 6) is 1.64. The van der Waals surface area contributed by atoms with Crippen molar-refractivity contribution in [1.82, 2.24) is 24.7 Å². The summed E-state index contributed by atoms with van der Waals surface area (Å²) in [6.45, 7) is 7.14. The number of para-hydroxylation sites is 2. The Morgan fingerprint density at radius 2 is 2.04 bits per heavy atom. The number of fused-ring (bicyclic) bond motifs is 1. The maximum atomic E-state index is 12.4. The van der Waals surface area contributed by atoms with Crippen LogP contribution in [0, 0.1) is 5.92 Å². The second kappa shape index (κ2) is 9.22. The monoisotopic (exact) mass is 371 g/mol. The lowest BCUT2D eigenvalue weighted by Gasteiger charge is -2.31. The zero-order valence-electron chi connectivity index (χ0n) is 16.9. The zero-order valence-corrected chi connectivity index (χ0v) is 16.9. The maximum absolute atomic E-state index is 12.4. The normalized spacial score (nSPS) is 16.0. The van der Waals surface area contributed by atoms with E-state index in [9.17, 15) is 4.79 Å². The number of rotatable bonds is 7. The summed E-state index contributed by atoms with van der Waals surface area (Å²) in [7, 11) is 3.83. The topological polar surface area (TPSA) is 53.4 Å². The summed E-state index contributed by atoms with van der Waals surface area (Å²) in [4.78, 5) is 21.3. The van der Waals surface area contributed by atoms with Crippen molar-refractivity contribution in [3.8, 4) is 0 Å². The van der Waals surface area contributed by atoms with Gasteiger partial charge in [0.25, 0.3) is 0 Å². The number of amides is 2. The van der Waals surface area contributed by atoms with Crippen LogP contribution in [-0.2, 0) is 13.6 Å². The van der Waals surface area contributed by atoms with E-state index in [0.717, 1.165) is 35.7 Å². The van der Waals surface area contributed by atoms with Crippen LogP contribution < -0.4 is 5.32 Å². The van der Waals surface area contributed by atoms with Crippen molar-refractivity contribution in [3.63, 3.8) is 0 Å². The van der Waals surface area contributed by atoms with Crippen molar-refractivity contribution in [3.05, 3.63) is 30.1 Å². The Balaban J connectivity index is 1.42. The third-order valence-electron chi connectivity index (χ3n) is 5.68. The number of likely N-dealkylation sites (tertiary alicyclic amines) is 1. The maximum Gasteiger partial charge on any atom is 0.317 e. The molecule has 2 heterocycles. The molecule has 1 aromatic carbocycles. The molecule has 1 aliphatic rings. The van der Waals surface area contributed by atoms with E-state index in [-0.39, 0.29) is 6.03 Å². The number of hydrogen-bond donors (Lipinski definition) is 1. The second-order valence-electron chi connectivity index (χ2n) is 7.74. The van der Waals surface area contributed by atoms with Gasteiger partial charge < -0.3 is 19.7 Å². The Hall–Kier alpha value is -2.08. The highest BCUT2D eigenvalue weighted by Gasteiger charge is 2.19. The van der Waals surface area contributed by atoms with E-state index in [1.54, 1.807) is 4.90 Å². The molecule has 0 saturated carbocycles. The molecule has 6 heteroatoms. The van der Waals surface area contributed by atoms with Crippen LogP contribution in [0.1, 0.15) is 38.4 Å². The largest absolute Gasteiger partial charge is 0.338 e. The van der Waals surface area contributed by atoms with Crippen LogP contribution in [0.5, 0.6) is 0 Å². The van der Waals surface area contributed by atoms with E-state index in [4.69, 9.17) is 0 Å². The molecule has 0 spiro atoms. The second-order valence-corrected chi connectivity index (χ2v) is 7.74. The molecular formula is C21H33N5O. The molecule has 0 aliphatic carbocycles. The summed E-state index contributed by atoms with van der Waals surface area (Å²) >= 11 is 0. The number of nitrogens with zero attached hydrogens (tertiary/aromatic N) is 4. The first-order valence-corrected chi connectivity index (χ1v) is 10.2. The summed E-state index contributed by atoms with van der Waals surface area (Å²) in [5.41, 5.74) is 2.06. The van der Waals surface area contributed by atoms with E-state index >= 15 is 0 Å². The quantitative estimate of drug-likeness (QED) is 0.813. The predicted molar refractivity (Wildman–Crippen MR) is 110 cm³/mol. The Morgan fingerprint density at radius 3 is 2.74 bits per heavy atom. The molecule has 6 nitrogen and oxygen atoms in total. The lowest BCUT2D eigenvalue weighted by Crippen LogP contribution is -2.39. The summed E-state index contributed by atoms with van der Waals surface area (Å²) in [6, 6.07) is 8.03. The minimum absolute atomic E-state index is 0.0227. The van der Waals surface area contributed by atoms with Gasteiger partial charge in [0.2, 0.25) is 0 Å². The van der Waals surface area contributed by atoms with Crippen molar-refractivity contribution < 1.29 is 4.79 Å². The molecule has 1 saturated heterocycles. The molecular weight excluding hydrogens is 338 g/mol. The number of benzene rings is 1. The number of aryl methyl sites for hydroxylation is 1. The van der Waals surface area contributed by atoms with Crippen LogP contribution in [0.2, 0.25) is 0 Å². The minimum atomic E-state index is -0.0227. The molecule has 148 valence electrons. The highest BCUT2D eigenvalue weighted by molar-refractivity contribution is 5.76. The van der Waals surface area contributed by atoms with Crippen LogP contribution in [-0.4, -0.2) is 58.6 Å². The van der Waals surface area contributed by atoms with E-state index in [1.807, 2.05) is 32.3 Å². The molecule has 3 rings (SSSR count). The average molecular weight is 372 g/mol. The van der Waals surface area contributed by atoms with Crippen molar-refractivity contribution in [2.45, 2.75) is 39.2 Å². The summed E-state index contributed by atoms with van der Waals surface area (Å²) < 4.78 is 2.06. The lowest BCUT2D eigenvalue weighted by molar-refractivity contribution is 0.176. The van der Waals surface area contributed by atoms with Gasteiger partial charge in [-0.2, -0.15) is 0 Å². The number of carbonyl (C=O) groups is 1. The molecule has 0 radical (unpaired) electrons. The van der Waals surface area contributed by atoms with E-state index < -0.39 is 0 Å². The van der Waals surface area contributed by atoms with Gasteiger partial charge in [-0.25, -0.2) is 9.78 Å². The lowest BCUT2D eigenvalue weighted by atomic mass is 9.93. The van der Waals surface area contributed by atoms with E-state index in [1.165, 1.54) is 38.9 Å². The van der Waals surface area contributed by atoms with Gasteiger partial charge in [-0.05, 0) is 63.4 Å². The van der Waals surface area contributed by atoms with Crippen molar-refractivity contribution in [2.75, 3.05) is 33.2 Å². The fourth-order valence-electron chi connectivity index (χ4n) is 3.95. The number of hydrogen-bond acceptors (Lipinski definition) is 3. The third-order valence-corrected chi connectivity index (χ3v) is 5.68. The standard InChI is InChI=1S/C21H33N5O/c1-4-13-26-14-10-17(11-15-26)9-12-22-21(27)24(2)16-20-23-18-7-5-6-8-19(18)25(20)3/h5-8,17H,4,9-16H2,1-3H3,(H,22,27). The van der Waals surface area contributed by atoms with Crippen LogP contribution in [0.15, 0.2) is 24.3 Å². The van der Waals surface area contributed by atoms with Crippen LogP contribution in [0.3, 0.4) is 0 Å². The van der Waals surface area contributed by atoms with Gasteiger partial charge in [0.15, 0.2) is 0 Å². The van der Waals surface area contributed by atoms with Gasteiger partial charge in [-0.3, -0.25) is 0 Å². The fourth-order valence-corrected chi connectivity index (χ4v) is 3.95. The van der Waals surface area contributed by atoms with E-state index in [0.29, 0.717) is 6.54 Å². The van der Waals surface area contributed by atoms with Gasteiger partial charge in [-0.15, -0.1) is 0 Å². The molecule has 1 aromatic heterocycles. The first-order chi connectivity index (χ1) is 13.1. The Bertz CT molecular complexity index is 748. The predicted octanol–water partition coefficient (Wildman–Crippen LogP) is 3.23. The number of aromatic nitrogens is 2. The molecule has 0 atom stereocenters. The number of piperidine rings is 1. The molecule has 1 fully saturated rings. The first-order valence-electron chi connectivity index (χ1n) is 10.2. The summed E-state index contributed by atoms with van der Waals surface area (Å²) in [5, 5.41) is 3.08. The van der Waals surface area contributed by atoms with Crippen molar-refractivity contribution in [1.29, 1.82) is 0 Å². The van der Waals surface area contributed by atoms with Gasteiger partial charge in [-0.1, -0.05) is 19.1 Å². The molecule has 0 unspecified atom stereocenters. The van der Waals surface area contributed by atoms with E-state index in [2.05, 4.69) is 32.8 Å². The highest BCUT2D eigenvalue weighted by Crippen LogP contribution is 2.20. The molecule has 0 bridgehead atoms. The number of urea groups is 1. The van der Waals surface area contributed by atoms with Crippen LogP contribution in [0.4, 0.5) is 4.79 Å². The fraction of sp³-hybridized carbons (Fsp3) is 0.619. The summed E-state index contributed by atoms with van der Waals surface area (Å²) in [6.07, 6.45) is 4.82. The minimum Gasteiger partial charge on any atom is -0.338 e. The Labute approximate surface area is 162 Å². The molecule has 2 amide bonds. The van der Waals surface area contributed by atoms with Crippen molar-refractivity contribution in [2.24, 2.45) is 13.0 Å². The van der Waals surface area contributed by atoms with Gasteiger partial charge in [0.05, 0.1) is 17.6 Å². The zero-order chi connectivity index (χ0) is 19.2. The van der Waals surface area contributed by atoms with Crippen molar-refractivity contribution >= 4 is 17.1 Å². The highest BCUT2D eigenvalue weighted by atomic mass is 16.2. The van der Waals surface area contributed by atoms with Gasteiger partial charge in [0.1, 0.15) is 5.82 Å². The Kier molecular flexibility index (Phi) is 6.72. The third kappa shape index (κ3) is 5.01. The SMILES string of the molecule is CCCN1CCC(CCNC(=O)N(C)Cc2nc3ccccc3n2C)CC1. The molecule has 27 heavy (non-hydrogen) atoms. The molecule has 2 aromatic rings. The smallest absolute Gasteiger partial charge is 0.317 e. The Morgan fingerprint density at radius 1 is 1.30 bits per heavy atom. The molecule has 1 aliphatic heterocycles. The van der Waals surface area contributed by atoms with Gasteiger partial charge in [0, 0.05) is 20.6 Å². The first kappa shape index (κ1) is 19.7. The number of nitrogens with one attached hydrogen (secondary N) is 1. The number of carbonyl (C=O) groups excluding carboxylic acids is 1. The average Bonchev–Trinajstić information content (AvgIpc) is 2.99.